The van der Waals surface area contributed by atoms with Gasteiger partial charge in [0.15, 0.2) is 0 Å². The van der Waals surface area contributed by atoms with E-state index in [2.05, 4.69) is 4.72 Å². The molecule has 1 aliphatic rings. The summed E-state index contributed by atoms with van der Waals surface area (Å²) < 4.78 is 33.0. The Bertz CT molecular complexity index is 857. The summed E-state index contributed by atoms with van der Waals surface area (Å²) >= 11 is 0. The topological polar surface area (TPSA) is 79.6 Å². The van der Waals surface area contributed by atoms with Crippen LogP contribution in [0.4, 0.5) is 5.69 Å². The summed E-state index contributed by atoms with van der Waals surface area (Å²) in [5, 5.41) is 0. The van der Waals surface area contributed by atoms with Gasteiger partial charge in [-0.2, -0.15) is 0 Å². The van der Waals surface area contributed by atoms with Crippen molar-refractivity contribution in [1.29, 1.82) is 0 Å². The molecule has 6 nitrogen and oxygen atoms in total. The molecule has 0 spiro atoms. The molecule has 0 saturated carbocycles. The molecule has 128 valence electrons. The van der Waals surface area contributed by atoms with Gasteiger partial charge in [-0.15, -0.1) is 0 Å². The van der Waals surface area contributed by atoms with Crippen LogP contribution in [0, 0.1) is 13.8 Å². The maximum atomic E-state index is 12.7. The van der Waals surface area contributed by atoms with Crippen molar-refractivity contribution in [3.63, 3.8) is 0 Å². The summed E-state index contributed by atoms with van der Waals surface area (Å²) in [4.78, 5) is 13.9. The third-order valence-electron chi connectivity index (χ3n) is 4.23. The smallest absolute Gasteiger partial charge is 0.241 e. The molecule has 3 rings (SSSR count). The SMILES string of the molecule is Cc1ccc(S(=O)(=O)NCc2ccco2)c(C)c1N1CCCC1=O. The lowest BCUT2D eigenvalue weighted by molar-refractivity contribution is -0.117. The van der Waals surface area contributed by atoms with E-state index in [0.717, 1.165) is 12.0 Å². The highest BCUT2D eigenvalue weighted by molar-refractivity contribution is 7.89. The minimum absolute atomic E-state index is 0.0410. The van der Waals surface area contributed by atoms with Gasteiger partial charge in [0.1, 0.15) is 5.76 Å². The monoisotopic (exact) mass is 348 g/mol. The Balaban J connectivity index is 1.94. The van der Waals surface area contributed by atoms with Crippen LogP contribution in [-0.2, 0) is 21.4 Å². The number of aryl methyl sites for hydroxylation is 1. The third kappa shape index (κ3) is 3.09. The number of sulfonamides is 1. The fraction of sp³-hybridized carbons (Fsp3) is 0.353. The summed E-state index contributed by atoms with van der Waals surface area (Å²) in [6.07, 6.45) is 2.80. The van der Waals surface area contributed by atoms with E-state index in [-0.39, 0.29) is 17.3 Å². The van der Waals surface area contributed by atoms with Crippen molar-refractivity contribution in [2.75, 3.05) is 11.4 Å². The fourth-order valence-electron chi connectivity index (χ4n) is 3.07. The highest BCUT2D eigenvalue weighted by Gasteiger charge is 2.28. The number of carbonyl (C=O) groups excluding carboxylic acids is 1. The van der Waals surface area contributed by atoms with Gasteiger partial charge in [0.2, 0.25) is 15.9 Å². The minimum Gasteiger partial charge on any atom is -0.468 e. The molecule has 7 heteroatoms. The van der Waals surface area contributed by atoms with Crippen LogP contribution >= 0.6 is 0 Å². The molecular formula is C17H20N2O4S. The number of carbonyl (C=O) groups is 1. The molecule has 1 aromatic carbocycles. The largest absolute Gasteiger partial charge is 0.468 e. The van der Waals surface area contributed by atoms with Crippen LogP contribution in [0.15, 0.2) is 39.8 Å². The van der Waals surface area contributed by atoms with Crippen molar-refractivity contribution in [1.82, 2.24) is 4.72 Å². The molecule has 2 heterocycles. The minimum atomic E-state index is -3.70. The first kappa shape index (κ1) is 16.7. The molecule has 0 atom stereocenters. The first-order valence-electron chi connectivity index (χ1n) is 7.83. The molecular weight excluding hydrogens is 328 g/mol. The van der Waals surface area contributed by atoms with Crippen LogP contribution < -0.4 is 9.62 Å². The number of nitrogens with zero attached hydrogens (tertiary/aromatic N) is 1. The zero-order chi connectivity index (χ0) is 17.3. The number of amides is 1. The molecule has 0 radical (unpaired) electrons. The predicted molar refractivity (Wildman–Crippen MR) is 90.2 cm³/mol. The van der Waals surface area contributed by atoms with Crippen LogP contribution in [0.1, 0.15) is 29.7 Å². The van der Waals surface area contributed by atoms with Gasteiger partial charge in [0.25, 0.3) is 0 Å². The second-order valence-corrected chi connectivity index (χ2v) is 7.64. The van der Waals surface area contributed by atoms with E-state index in [1.165, 1.54) is 6.26 Å². The molecule has 1 saturated heterocycles. The molecule has 0 unspecified atom stereocenters. The standard InChI is InChI=1S/C17H20N2O4S/c1-12-7-8-15(13(2)17(12)19-9-3-6-16(19)20)24(21,22)18-11-14-5-4-10-23-14/h4-5,7-8,10,18H,3,6,9,11H2,1-2H3. The number of furan rings is 1. The summed E-state index contributed by atoms with van der Waals surface area (Å²) in [5.74, 6) is 0.581. The van der Waals surface area contributed by atoms with Crippen molar-refractivity contribution in [2.45, 2.75) is 38.1 Å². The van der Waals surface area contributed by atoms with Crippen LogP contribution in [0.3, 0.4) is 0 Å². The molecule has 2 aromatic rings. The summed E-state index contributed by atoms with van der Waals surface area (Å²) in [6.45, 7) is 4.35. The van der Waals surface area contributed by atoms with Gasteiger partial charge in [-0.3, -0.25) is 4.79 Å². The molecule has 1 aromatic heterocycles. The molecule has 1 amide bonds. The van der Waals surface area contributed by atoms with Gasteiger partial charge in [-0.25, -0.2) is 13.1 Å². The number of anilines is 1. The van der Waals surface area contributed by atoms with Crippen molar-refractivity contribution in [2.24, 2.45) is 0 Å². The second-order valence-electron chi connectivity index (χ2n) is 5.91. The lowest BCUT2D eigenvalue weighted by atomic mass is 10.1. The Hall–Kier alpha value is -2.12. The van der Waals surface area contributed by atoms with Crippen LogP contribution in [0.5, 0.6) is 0 Å². The Morgan fingerprint density at radius 3 is 2.67 bits per heavy atom. The van der Waals surface area contributed by atoms with E-state index in [4.69, 9.17) is 4.42 Å². The van der Waals surface area contributed by atoms with Crippen LogP contribution in [0.2, 0.25) is 0 Å². The van der Waals surface area contributed by atoms with Crippen molar-refractivity contribution in [3.8, 4) is 0 Å². The summed E-state index contributed by atoms with van der Waals surface area (Å²) in [5.41, 5.74) is 2.20. The highest BCUT2D eigenvalue weighted by atomic mass is 32.2. The normalized spacial score (nSPS) is 15.2. The Morgan fingerprint density at radius 1 is 1.25 bits per heavy atom. The molecule has 0 bridgehead atoms. The van der Waals surface area contributed by atoms with E-state index in [1.54, 1.807) is 36.1 Å². The average molecular weight is 348 g/mol. The van der Waals surface area contributed by atoms with Gasteiger partial charge in [0, 0.05) is 13.0 Å². The maximum absolute atomic E-state index is 12.7. The van der Waals surface area contributed by atoms with E-state index < -0.39 is 10.0 Å². The maximum Gasteiger partial charge on any atom is 0.241 e. The van der Waals surface area contributed by atoms with Crippen molar-refractivity contribution < 1.29 is 17.6 Å². The quantitative estimate of drug-likeness (QED) is 0.900. The third-order valence-corrected chi connectivity index (χ3v) is 5.78. The zero-order valence-electron chi connectivity index (χ0n) is 13.7. The Morgan fingerprint density at radius 2 is 2.04 bits per heavy atom. The summed E-state index contributed by atoms with van der Waals surface area (Å²) in [6, 6.07) is 6.74. The van der Waals surface area contributed by atoms with Crippen molar-refractivity contribution >= 4 is 21.6 Å². The Kier molecular flexibility index (Phi) is 4.47. The van der Waals surface area contributed by atoms with Gasteiger partial charge < -0.3 is 9.32 Å². The summed E-state index contributed by atoms with van der Waals surface area (Å²) in [7, 11) is -3.70. The van der Waals surface area contributed by atoms with E-state index in [0.29, 0.717) is 30.0 Å². The van der Waals surface area contributed by atoms with Gasteiger partial charge in [-0.1, -0.05) is 6.07 Å². The van der Waals surface area contributed by atoms with Gasteiger partial charge >= 0.3 is 0 Å². The van der Waals surface area contributed by atoms with Crippen LogP contribution in [0.25, 0.3) is 0 Å². The molecule has 24 heavy (non-hydrogen) atoms. The van der Waals surface area contributed by atoms with E-state index >= 15 is 0 Å². The van der Waals surface area contributed by atoms with E-state index in [9.17, 15) is 13.2 Å². The number of rotatable bonds is 5. The molecule has 1 aliphatic heterocycles. The number of nitrogens with one attached hydrogen (secondary N) is 1. The fourth-order valence-corrected chi connectivity index (χ4v) is 4.30. The second kappa shape index (κ2) is 6.41. The first-order chi connectivity index (χ1) is 11.4. The van der Waals surface area contributed by atoms with Gasteiger partial charge in [-0.05, 0) is 49.6 Å². The highest BCUT2D eigenvalue weighted by Crippen LogP contribution is 2.32. The number of benzene rings is 1. The van der Waals surface area contributed by atoms with Crippen LogP contribution in [-0.4, -0.2) is 20.9 Å². The average Bonchev–Trinajstić information content (AvgIpc) is 3.17. The molecule has 1 N–H and O–H groups in total. The lowest BCUT2D eigenvalue weighted by Gasteiger charge is -2.22. The van der Waals surface area contributed by atoms with Gasteiger partial charge in [0.05, 0.1) is 23.4 Å². The lowest BCUT2D eigenvalue weighted by Crippen LogP contribution is -2.28. The van der Waals surface area contributed by atoms with Crippen molar-refractivity contribution in [3.05, 3.63) is 47.4 Å². The molecule has 0 aliphatic carbocycles. The molecule has 1 fully saturated rings. The van der Waals surface area contributed by atoms with E-state index in [1.807, 2.05) is 6.92 Å². The predicted octanol–water partition coefficient (Wildman–Crippen LogP) is 2.50. The first-order valence-corrected chi connectivity index (χ1v) is 9.31. The number of hydrogen-bond acceptors (Lipinski definition) is 4. The number of hydrogen-bond donors (Lipinski definition) is 1. The zero-order valence-corrected chi connectivity index (χ0v) is 14.5. The Labute approximate surface area is 141 Å².